The lowest BCUT2D eigenvalue weighted by molar-refractivity contribution is 0.0989. The van der Waals surface area contributed by atoms with Crippen molar-refractivity contribution in [1.82, 2.24) is 5.32 Å². The number of rotatable bonds is 5. The Hall–Kier alpha value is -1.81. The minimum Gasteiger partial charge on any atom is -0.489 e. The maximum absolute atomic E-state index is 11.2. The Bertz CT molecular complexity index is 561. The number of fused-ring (bicyclic) bond motifs is 1. The van der Waals surface area contributed by atoms with Crippen LogP contribution >= 0.6 is 0 Å². The molecule has 2 rings (SSSR count). The van der Waals surface area contributed by atoms with Crippen LogP contribution in [0.1, 0.15) is 65.9 Å². The van der Waals surface area contributed by atoms with Gasteiger partial charge in [0.25, 0.3) is 0 Å². The molecule has 0 aliphatic carbocycles. The molecule has 1 unspecified atom stereocenters. The molecule has 2 aromatic rings. The molecule has 0 spiro atoms. The summed E-state index contributed by atoms with van der Waals surface area (Å²) in [6.07, 6.45) is 0.0895. The van der Waals surface area contributed by atoms with Gasteiger partial charge in [-0.05, 0) is 38.2 Å². The molecular weight excluding hydrogens is 302 g/mol. The maximum atomic E-state index is 11.2. The molecular formula is C20H35NO3. The van der Waals surface area contributed by atoms with Crippen molar-refractivity contribution in [1.29, 1.82) is 0 Å². The number of carbonyl (C=O) groups is 1. The van der Waals surface area contributed by atoms with Crippen molar-refractivity contribution in [3.63, 3.8) is 0 Å². The number of ketones is 1. The number of likely N-dealkylation sites (N-methyl/N-ethyl adjacent to an activating group) is 1. The SMILES string of the molecule is CC.CC.CC.CNCC(C)Oc1ccc2oc(C(C)=O)cc2c1. The number of ether oxygens (including phenoxy) is 1. The van der Waals surface area contributed by atoms with Gasteiger partial charge in [-0.2, -0.15) is 0 Å². The molecule has 0 saturated heterocycles. The fourth-order valence-electron chi connectivity index (χ4n) is 1.83. The van der Waals surface area contributed by atoms with Crippen LogP contribution in [-0.4, -0.2) is 25.5 Å². The molecule has 1 atom stereocenters. The van der Waals surface area contributed by atoms with E-state index in [4.69, 9.17) is 9.15 Å². The maximum Gasteiger partial charge on any atom is 0.194 e. The molecule has 1 aromatic heterocycles. The van der Waals surface area contributed by atoms with Gasteiger partial charge in [0.05, 0.1) is 0 Å². The van der Waals surface area contributed by atoms with E-state index in [0.29, 0.717) is 11.3 Å². The van der Waals surface area contributed by atoms with Crippen LogP contribution in [0.15, 0.2) is 28.7 Å². The zero-order chi connectivity index (χ0) is 19.1. The normalized spacial score (nSPS) is 10.2. The number of hydrogen-bond donors (Lipinski definition) is 1. The molecule has 1 N–H and O–H groups in total. The fraction of sp³-hybridized carbons (Fsp3) is 0.550. The van der Waals surface area contributed by atoms with Crippen LogP contribution in [0.2, 0.25) is 0 Å². The van der Waals surface area contributed by atoms with Crippen LogP contribution in [0.5, 0.6) is 5.75 Å². The summed E-state index contributed by atoms with van der Waals surface area (Å²) in [5.41, 5.74) is 0.703. The third-order valence-electron chi connectivity index (χ3n) is 2.66. The summed E-state index contributed by atoms with van der Waals surface area (Å²) in [6.45, 7) is 16.3. The van der Waals surface area contributed by atoms with Crippen LogP contribution in [0, 0.1) is 0 Å². The lowest BCUT2D eigenvalue weighted by atomic mass is 10.2. The first-order valence-electron chi connectivity index (χ1n) is 8.96. The molecule has 0 bridgehead atoms. The molecule has 0 amide bonds. The molecule has 1 heterocycles. The summed E-state index contributed by atoms with van der Waals surface area (Å²) in [4.78, 5) is 11.2. The van der Waals surface area contributed by atoms with Crippen molar-refractivity contribution in [2.75, 3.05) is 13.6 Å². The van der Waals surface area contributed by atoms with Gasteiger partial charge in [-0.3, -0.25) is 4.79 Å². The highest BCUT2D eigenvalue weighted by atomic mass is 16.5. The van der Waals surface area contributed by atoms with Crippen LogP contribution in [0.4, 0.5) is 0 Å². The van der Waals surface area contributed by atoms with Crippen LogP contribution in [0.3, 0.4) is 0 Å². The Morgan fingerprint density at radius 2 is 1.71 bits per heavy atom. The Balaban J connectivity index is 0. The largest absolute Gasteiger partial charge is 0.489 e. The molecule has 138 valence electrons. The Morgan fingerprint density at radius 1 is 1.12 bits per heavy atom. The molecule has 0 aliphatic rings. The second-order valence-corrected chi connectivity index (χ2v) is 4.35. The van der Waals surface area contributed by atoms with Crippen LogP contribution < -0.4 is 10.1 Å². The average Bonchev–Trinajstić information content (AvgIpc) is 3.04. The average molecular weight is 338 g/mol. The summed E-state index contributed by atoms with van der Waals surface area (Å²) in [6, 6.07) is 7.30. The van der Waals surface area contributed by atoms with Gasteiger partial charge in [-0.15, -0.1) is 0 Å². The number of Topliss-reactive ketones (excluding diaryl/α,β-unsaturated/α-hetero) is 1. The number of benzene rings is 1. The van der Waals surface area contributed by atoms with Gasteiger partial charge in [0.1, 0.15) is 17.4 Å². The smallest absolute Gasteiger partial charge is 0.194 e. The van der Waals surface area contributed by atoms with Crippen LogP contribution in [-0.2, 0) is 0 Å². The van der Waals surface area contributed by atoms with E-state index in [2.05, 4.69) is 5.32 Å². The second-order valence-electron chi connectivity index (χ2n) is 4.35. The van der Waals surface area contributed by atoms with Crippen LogP contribution in [0.25, 0.3) is 11.0 Å². The third kappa shape index (κ3) is 8.16. The minimum absolute atomic E-state index is 0.0720. The standard InChI is InChI=1S/C14H17NO3.3C2H6/c1-9(8-15-3)17-12-4-5-13-11(6-12)7-14(18-13)10(2)16;3*1-2/h4-7,9,15H,8H2,1-3H3;3*1-2H3. The Labute approximate surface area is 147 Å². The number of furan rings is 1. The van der Waals surface area contributed by atoms with E-state index in [-0.39, 0.29) is 11.9 Å². The molecule has 1 aromatic carbocycles. The lowest BCUT2D eigenvalue weighted by Crippen LogP contribution is -2.25. The molecule has 0 aliphatic heterocycles. The van der Waals surface area contributed by atoms with E-state index >= 15 is 0 Å². The van der Waals surface area contributed by atoms with Gasteiger partial charge in [0, 0.05) is 18.9 Å². The van der Waals surface area contributed by atoms with Crippen molar-refractivity contribution in [3.05, 3.63) is 30.0 Å². The zero-order valence-electron chi connectivity index (χ0n) is 16.8. The molecule has 24 heavy (non-hydrogen) atoms. The highest BCUT2D eigenvalue weighted by molar-refractivity contribution is 5.96. The highest BCUT2D eigenvalue weighted by Crippen LogP contribution is 2.25. The lowest BCUT2D eigenvalue weighted by Gasteiger charge is -2.13. The van der Waals surface area contributed by atoms with Gasteiger partial charge in [0.2, 0.25) is 0 Å². The highest BCUT2D eigenvalue weighted by Gasteiger charge is 2.09. The van der Waals surface area contributed by atoms with Crippen molar-refractivity contribution < 1.29 is 13.9 Å². The number of hydrogen-bond acceptors (Lipinski definition) is 4. The quantitative estimate of drug-likeness (QED) is 0.711. The van der Waals surface area contributed by atoms with Gasteiger partial charge in [0.15, 0.2) is 11.5 Å². The zero-order valence-corrected chi connectivity index (χ0v) is 16.8. The summed E-state index contributed by atoms with van der Waals surface area (Å²) >= 11 is 0. The summed E-state index contributed by atoms with van der Waals surface area (Å²) < 4.78 is 11.2. The third-order valence-corrected chi connectivity index (χ3v) is 2.66. The van der Waals surface area contributed by atoms with Gasteiger partial charge in [-0.1, -0.05) is 41.5 Å². The van der Waals surface area contributed by atoms with E-state index in [1.165, 1.54) is 6.92 Å². The molecule has 0 saturated carbocycles. The van der Waals surface area contributed by atoms with E-state index in [0.717, 1.165) is 17.7 Å². The van der Waals surface area contributed by atoms with Crippen molar-refractivity contribution >= 4 is 16.8 Å². The first kappa shape index (κ1) is 24.4. The van der Waals surface area contributed by atoms with E-state index in [1.54, 1.807) is 6.07 Å². The van der Waals surface area contributed by atoms with Gasteiger partial charge in [-0.25, -0.2) is 0 Å². The predicted molar refractivity (Wildman–Crippen MR) is 104 cm³/mol. The topological polar surface area (TPSA) is 51.5 Å². The van der Waals surface area contributed by atoms with Gasteiger partial charge < -0.3 is 14.5 Å². The number of carbonyl (C=O) groups excluding carboxylic acids is 1. The number of nitrogens with one attached hydrogen (secondary N) is 1. The van der Waals surface area contributed by atoms with E-state index in [9.17, 15) is 4.79 Å². The molecule has 0 radical (unpaired) electrons. The fourth-order valence-corrected chi connectivity index (χ4v) is 1.83. The Morgan fingerprint density at radius 3 is 2.21 bits per heavy atom. The second kappa shape index (κ2) is 14.8. The summed E-state index contributed by atoms with van der Waals surface area (Å²) in [5, 5.41) is 3.94. The molecule has 4 nitrogen and oxygen atoms in total. The first-order chi connectivity index (χ1) is 11.6. The molecule has 4 heteroatoms. The van der Waals surface area contributed by atoms with Crippen molar-refractivity contribution in [2.24, 2.45) is 0 Å². The minimum atomic E-state index is -0.0720. The predicted octanol–water partition coefficient (Wildman–Crippen LogP) is 5.70. The monoisotopic (exact) mass is 337 g/mol. The first-order valence-corrected chi connectivity index (χ1v) is 8.96. The molecule has 0 fully saturated rings. The summed E-state index contributed by atoms with van der Waals surface area (Å²) in [5.74, 6) is 1.09. The Kier molecular flexibility index (Phi) is 15.0. The van der Waals surface area contributed by atoms with Crippen molar-refractivity contribution in [2.45, 2.75) is 61.5 Å². The van der Waals surface area contributed by atoms with Crippen molar-refractivity contribution in [3.8, 4) is 5.75 Å². The summed E-state index contributed by atoms with van der Waals surface area (Å²) in [7, 11) is 1.89. The van der Waals surface area contributed by atoms with Gasteiger partial charge >= 0.3 is 0 Å². The van der Waals surface area contributed by atoms with E-state index < -0.39 is 0 Å². The van der Waals surface area contributed by atoms with E-state index in [1.807, 2.05) is 73.7 Å².